The highest BCUT2D eigenvalue weighted by Gasteiger charge is 2.19. The number of nitrogens with one attached hydrogen (secondary N) is 2. The van der Waals surface area contributed by atoms with Gasteiger partial charge in [-0.15, -0.1) is 0 Å². The number of rotatable bonds is 6. The van der Waals surface area contributed by atoms with E-state index in [0.717, 1.165) is 10.8 Å². The summed E-state index contributed by atoms with van der Waals surface area (Å²) in [6.07, 6.45) is 0. The van der Waals surface area contributed by atoms with Crippen molar-refractivity contribution in [1.82, 2.24) is 0 Å². The zero-order valence-corrected chi connectivity index (χ0v) is 20.2. The van der Waals surface area contributed by atoms with Gasteiger partial charge >= 0.3 is 12.0 Å². The molecule has 186 valence electrons. The van der Waals surface area contributed by atoms with E-state index >= 15 is 0 Å². The summed E-state index contributed by atoms with van der Waals surface area (Å²) in [6, 6.07) is 34.9. The number of anilines is 4. The van der Waals surface area contributed by atoms with Gasteiger partial charge in [0, 0.05) is 16.9 Å². The van der Waals surface area contributed by atoms with Crippen LogP contribution in [-0.4, -0.2) is 23.0 Å². The van der Waals surface area contributed by atoms with E-state index in [1.807, 2.05) is 66.7 Å². The maximum Gasteiger partial charge on any atom is 0.335 e. The van der Waals surface area contributed by atoms with Gasteiger partial charge < -0.3 is 15.7 Å². The van der Waals surface area contributed by atoms with Crippen LogP contribution in [0, 0.1) is 0 Å². The SMILES string of the molecule is O=C(O)c1cc(NC(=O)c2ccc3ccccc3c2)cc(NC(=O)N(c2ccccc2)c2ccccc2)c1. The van der Waals surface area contributed by atoms with Crippen molar-refractivity contribution >= 4 is 51.4 Å². The molecule has 0 saturated carbocycles. The van der Waals surface area contributed by atoms with Crippen molar-refractivity contribution in [3.05, 3.63) is 132 Å². The number of benzene rings is 5. The summed E-state index contributed by atoms with van der Waals surface area (Å²) in [6.45, 7) is 0. The van der Waals surface area contributed by atoms with Crippen LogP contribution in [0.1, 0.15) is 20.7 Å². The van der Waals surface area contributed by atoms with E-state index in [-0.39, 0.29) is 16.9 Å². The Balaban J connectivity index is 1.43. The molecule has 0 radical (unpaired) electrons. The van der Waals surface area contributed by atoms with Crippen LogP contribution < -0.4 is 15.5 Å². The second-order valence-corrected chi connectivity index (χ2v) is 8.56. The van der Waals surface area contributed by atoms with E-state index in [2.05, 4.69) is 10.6 Å². The van der Waals surface area contributed by atoms with Gasteiger partial charge in [0.05, 0.1) is 16.9 Å². The molecule has 0 bridgehead atoms. The summed E-state index contributed by atoms with van der Waals surface area (Å²) >= 11 is 0. The molecule has 7 heteroatoms. The number of hydrogen-bond donors (Lipinski definition) is 3. The smallest absolute Gasteiger partial charge is 0.335 e. The Kier molecular flexibility index (Phi) is 6.82. The van der Waals surface area contributed by atoms with Crippen LogP contribution in [0.2, 0.25) is 0 Å². The minimum Gasteiger partial charge on any atom is -0.478 e. The van der Waals surface area contributed by atoms with E-state index in [4.69, 9.17) is 0 Å². The third-order valence-electron chi connectivity index (χ3n) is 5.93. The van der Waals surface area contributed by atoms with E-state index in [9.17, 15) is 19.5 Å². The van der Waals surface area contributed by atoms with Crippen LogP contribution in [-0.2, 0) is 0 Å². The normalized spacial score (nSPS) is 10.5. The summed E-state index contributed by atoms with van der Waals surface area (Å²) in [5, 5.41) is 17.1. The van der Waals surface area contributed by atoms with Gasteiger partial charge in [-0.05, 0) is 65.4 Å². The Morgan fingerprint density at radius 3 is 1.71 bits per heavy atom. The number of urea groups is 1. The Hall–Kier alpha value is -5.43. The molecule has 7 nitrogen and oxygen atoms in total. The van der Waals surface area contributed by atoms with Gasteiger partial charge in [0.15, 0.2) is 0 Å². The highest BCUT2D eigenvalue weighted by Crippen LogP contribution is 2.27. The molecule has 0 atom stereocenters. The monoisotopic (exact) mass is 501 g/mol. The molecule has 5 aromatic rings. The number of carboxylic acid groups (broad SMARTS) is 1. The molecule has 0 unspecified atom stereocenters. The first-order valence-electron chi connectivity index (χ1n) is 11.9. The fourth-order valence-electron chi connectivity index (χ4n) is 4.15. The van der Waals surface area contributed by atoms with Gasteiger partial charge in [-0.3, -0.25) is 9.69 Å². The highest BCUT2D eigenvalue weighted by atomic mass is 16.4. The Labute approximate surface area is 219 Å². The summed E-state index contributed by atoms with van der Waals surface area (Å²) in [5.41, 5.74) is 2.08. The third kappa shape index (κ3) is 5.37. The largest absolute Gasteiger partial charge is 0.478 e. The van der Waals surface area contributed by atoms with Gasteiger partial charge in [0.25, 0.3) is 5.91 Å². The molecule has 0 aliphatic heterocycles. The highest BCUT2D eigenvalue weighted by molar-refractivity contribution is 6.09. The first-order chi connectivity index (χ1) is 18.5. The fraction of sp³-hybridized carbons (Fsp3) is 0. The average molecular weight is 502 g/mol. The van der Waals surface area contributed by atoms with Crippen molar-refractivity contribution in [2.45, 2.75) is 0 Å². The lowest BCUT2D eigenvalue weighted by atomic mass is 10.1. The lowest BCUT2D eigenvalue weighted by Crippen LogP contribution is -2.30. The summed E-state index contributed by atoms with van der Waals surface area (Å²) in [5.74, 6) is -1.59. The van der Waals surface area contributed by atoms with E-state index < -0.39 is 17.9 Å². The van der Waals surface area contributed by atoms with Crippen molar-refractivity contribution in [2.75, 3.05) is 15.5 Å². The van der Waals surface area contributed by atoms with Crippen LogP contribution in [0.4, 0.5) is 27.5 Å². The Morgan fingerprint density at radius 1 is 0.553 bits per heavy atom. The molecule has 5 rings (SSSR count). The second kappa shape index (κ2) is 10.7. The first kappa shape index (κ1) is 24.3. The molecular formula is C31H23N3O4. The maximum absolute atomic E-state index is 13.5. The zero-order chi connectivity index (χ0) is 26.5. The number of nitrogens with zero attached hydrogens (tertiary/aromatic N) is 1. The standard InChI is InChI=1S/C31H23N3O4/c35-29(23-16-15-21-9-7-8-10-22(21)17-23)32-25-18-24(30(36)37)19-26(20-25)33-31(38)34(27-11-3-1-4-12-27)28-13-5-2-6-14-28/h1-20H,(H,32,35)(H,33,38)(H,36,37). The van der Waals surface area contributed by atoms with Crippen molar-refractivity contribution < 1.29 is 19.5 Å². The number of fused-ring (bicyclic) bond motifs is 1. The fourth-order valence-corrected chi connectivity index (χ4v) is 4.15. The van der Waals surface area contributed by atoms with Gasteiger partial charge in [0.2, 0.25) is 0 Å². The van der Waals surface area contributed by atoms with E-state index in [1.54, 1.807) is 36.4 Å². The lowest BCUT2D eigenvalue weighted by Gasteiger charge is -2.23. The van der Waals surface area contributed by atoms with Crippen LogP contribution in [0.3, 0.4) is 0 Å². The number of amides is 3. The third-order valence-corrected chi connectivity index (χ3v) is 5.93. The van der Waals surface area contributed by atoms with E-state index in [0.29, 0.717) is 16.9 Å². The second-order valence-electron chi connectivity index (χ2n) is 8.56. The molecule has 3 amide bonds. The Bertz CT molecular complexity index is 1600. The molecule has 0 fully saturated rings. The molecule has 0 aliphatic rings. The quantitative estimate of drug-likeness (QED) is 0.230. The zero-order valence-electron chi connectivity index (χ0n) is 20.2. The van der Waals surface area contributed by atoms with Crippen molar-refractivity contribution in [1.29, 1.82) is 0 Å². The molecule has 0 aliphatic carbocycles. The molecule has 5 aromatic carbocycles. The maximum atomic E-state index is 13.5. The number of carboxylic acids is 1. The van der Waals surface area contributed by atoms with Gasteiger partial charge in [-0.1, -0.05) is 66.7 Å². The van der Waals surface area contributed by atoms with Gasteiger partial charge in [0.1, 0.15) is 0 Å². The first-order valence-corrected chi connectivity index (χ1v) is 11.9. The summed E-state index contributed by atoms with van der Waals surface area (Å²) < 4.78 is 0. The van der Waals surface area contributed by atoms with Crippen molar-refractivity contribution in [2.24, 2.45) is 0 Å². The number of carbonyl (C=O) groups excluding carboxylic acids is 2. The number of hydrogen-bond acceptors (Lipinski definition) is 3. The number of carbonyl (C=O) groups is 3. The number of para-hydroxylation sites is 2. The van der Waals surface area contributed by atoms with Crippen LogP contribution >= 0.6 is 0 Å². The molecule has 0 saturated heterocycles. The van der Waals surface area contributed by atoms with E-state index in [1.165, 1.54) is 23.1 Å². The molecule has 0 spiro atoms. The minimum absolute atomic E-state index is 0.0809. The topological polar surface area (TPSA) is 98.7 Å². The summed E-state index contributed by atoms with van der Waals surface area (Å²) in [7, 11) is 0. The summed E-state index contributed by atoms with van der Waals surface area (Å²) in [4.78, 5) is 39.8. The lowest BCUT2D eigenvalue weighted by molar-refractivity contribution is 0.0696. The molecular weight excluding hydrogens is 478 g/mol. The van der Waals surface area contributed by atoms with Crippen molar-refractivity contribution in [3.63, 3.8) is 0 Å². The molecule has 38 heavy (non-hydrogen) atoms. The Morgan fingerprint density at radius 2 is 1.11 bits per heavy atom. The van der Waals surface area contributed by atoms with Crippen molar-refractivity contribution in [3.8, 4) is 0 Å². The average Bonchev–Trinajstić information content (AvgIpc) is 2.94. The van der Waals surface area contributed by atoms with Crippen LogP contribution in [0.15, 0.2) is 121 Å². The molecule has 3 N–H and O–H groups in total. The van der Waals surface area contributed by atoms with Gasteiger partial charge in [-0.2, -0.15) is 0 Å². The molecule has 0 aromatic heterocycles. The van der Waals surface area contributed by atoms with Crippen LogP contribution in [0.25, 0.3) is 10.8 Å². The predicted molar refractivity (Wildman–Crippen MR) is 149 cm³/mol. The number of aromatic carboxylic acids is 1. The predicted octanol–water partition coefficient (Wildman–Crippen LogP) is 7.16. The molecule has 0 heterocycles. The van der Waals surface area contributed by atoms with Gasteiger partial charge in [-0.25, -0.2) is 9.59 Å². The minimum atomic E-state index is -1.19. The van der Waals surface area contributed by atoms with Crippen LogP contribution in [0.5, 0.6) is 0 Å².